The van der Waals surface area contributed by atoms with E-state index in [2.05, 4.69) is 0 Å². The zero-order valence-electron chi connectivity index (χ0n) is 11.7. The van der Waals surface area contributed by atoms with Gasteiger partial charge in [-0.25, -0.2) is 0 Å². The third-order valence-corrected chi connectivity index (χ3v) is 3.06. The van der Waals surface area contributed by atoms with Crippen LogP contribution in [0.5, 0.6) is 0 Å². The van der Waals surface area contributed by atoms with Crippen molar-refractivity contribution < 1.29 is 14.6 Å². The second-order valence-corrected chi connectivity index (χ2v) is 4.61. The first-order valence-corrected chi connectivity index (χ1v) is 6.80. The molecule has 3 nitrogen and oxygen atoms in total. The third-order valence-electron chi connectivity index (χ3n) is 3.06. The van der Waals surface area contributed by atoms with Crippen molar-refractivity contribution in [2.75, 3.05) is 0 Å². The van der Waals surface area contributed by atoms with Gasteiger partial charge in [0.15, 0.2) is 0 Å². The lowest BCUT2D eigenvalue weighted by molar-refractivity contribution is -0.371. The molecular formula is C17H20O3. The van der Waals surface area contributed by atoms with Crippen LogP contribution < -0.4 is 0 Å². The molecule has 0 atom stereocenters. The van der Waals surface area contributed by atoms with Gasteiger partial charge in [-0.05, 0) is 11.1 Å². The molecule has 20 heavy (non-hydrogen) atoms. The van der Waals surface area contributed by atoms with Gasteiger partial charge in [-0.15, -0.1) is 0 Å². The summed E-state index contributed by atoms with van der Waals surface area (Å²) in [7, 11) is 0. The van der Waals surface area contributed by atoms with Gasteiger partial charge >= 0.3 is 0 Å². The zero-order chi connectivity index (χ0) is 14.3. The van der Waals surface area contributed by atoms with Crippen molar-refractivity contribution in [1.82, 2.24) is 0 Å². The van der Waals surface area contributed by atoms with Crippen molar-refractivity contribution in [2.24, 2.45) is 0 Å². The molecule has 0 saturated heterocycles. The van der Waals surface area contributed by atoms with Gasteiger partial charge in [-0.3, -0.25) is 0 Å². The molecule has 2 rings (SSSR count). The molecule has 2 aromatic carbocycles. The highest BCUT2D eigenvalue weighted by atomic mass is 16.8. The average Bonchev–Trinajstić information content (AvgIpc) is 2.53. The fraction of sp³-hybridized carbons (Fsp3) is 0.294. The molecule has 106 valence electrons. The Morgan fingerprint density at radius 2 is 1.20 bits per heavy atom. The van der Waals surface area contributed by atoms with E-state index >= 15 is 0 Å². The van der Waals surface area contributed by atoms with Crippen molar-refractivity contribution in [3.05, 3.63) is 71.8 Å². The number of ether oxygens (including phenoxy) is 2. The number of aliphatic hydroxyl groups is 1. The van der Waals surface area contributed by atoms with E-state index in [0.717, 1.165) is 11.1 Å². The quantitative estimate of drug-likeness (QED) is 0.784. The first kappa shape index (κ1) is 14.7. The molecule has 0 spiro atoms. The van der Waals surface area contributed by atoms with Gasteiger partial charge in [0.1, 0.15) is 0 Å². The summed E-state index contributed by atoms with van der Waals surface area (Å²) < 4.78 is 11.0. The maximum Gasteiger partial charge on any atom is 0.280 e. The number of hydrogen-bond donors (Lipinski definition) is 1. The lowest BCUT2D eigenvalue weighted by atomic mass is 10.2. The molecule has 0 amide bonds. The van der Waals surface area contributed by atoms with Crippen LogP contribution in [0.15, 0.2) is 60.7 Å². The molecule has 0 aliphatic heterocycles. The van der Waals surface area contributed by atoms with Crippen molar-refractivity contribution in [3.8, 4) is 0 Å². The fourth-order valence-corrected chi connectivity index (χ4v) is 1.79. The van der Waals surface area contributed by atoms with Gasteiger partial charge in [0, 0.05) is 6.42 Å². The van der Waals surface area contributed by atoms with Crippen LogP contribution in [0.4, 0.5) is 0 Å². The van der Waals surface area contributed by atoms with E-state index in [9.17, 15) is 5.11 Å². The maximum atomic E-state index is 10.3. The molecule has 3 heteroatoms. The van der Waals surface area contributed by atoms with E-state index < -0.39 is 5.97 Å². The van der Waals surface area contributed by atoms with E-state index in [0.29, 0.717) is 19.6 Å². The van der Waals surface area contributed by atoms with Crippen LogP contribution in [0, 0.1) is 0 Å². The molecule has 0 bridgehead atoms. The predicted molar refractivity (Wildman–Crippen MR) is 77.7 cm³/mol. The summed E-state index contributed by atoms with van der Waals surface area (Å²) in [5.41, 5.74) is 2.00. The minimum atomic E-state index is -1.55. The Labute approximate surface area is 119 Å². The van der Waals surface area contributed by atoms with Crippen LogP contribution in [0.2, 0.25) is 0 Å². The normalized spacial score (nSPS) is 11.5. The molecule has 0 unspecified atom stereocenters. The van der Waals surface area contributed by atoms with Gasteiger partial charge in [0.2, 0.25) is 0 Å². The largest absolute Gasteiger partial charge is 0.343 e. The highest BCUT2D eigenvalue weighted by Gasteiger charge is 2.26. The van der Waals surface area contributed by atoms with Crippen molar-refractivity contribution >= 4 is 0 Å². The van der Waals surface area contributed by atoms with E-state index in [1.807, 2.05) is 67.6 Å². The molecule has 0 saturated carbocycles. The van der Waals surface area contributed by atoms with Crippen LogP contribution in [0.3, 0.4) is 0 Å². The number of rotatable bonds is 7. The monoisotopic (exact) mass is 272 g/mol. The first-order chi connectivity index (χ1) is 9.72. The van der Waals surface area contributed by atoms with Crippen LogP contribution in [0.1, 0.15) is 24.5 Å². The van der Waals surface area contributed by atoms with Crippen LogP contribution >= 0.6 is 0 Å². The molecule has 0 aliphatic rings. The minimum absolute atomic E-state index is 0.319. The molecule has 0 fully saturated rings. The summed E-state index contributed by atoms with van der Waals surface area (Å²) in [4.78, 5) is 0. The van der Waals surface area contributed by atoms with Crippen molar-refractivity contribution in [3.63, 3.8) is 0 Å². The van der Waals surface area contributed by atoms with Crippen LogP contribution in [0.25, 0.3) is 0 Å². The SMILES string of the molecule is CCC(O)(OCc1ccccc1)OCc1ccccc1. The standard InChI is InChI=1S/C17H20O3/c1-2-17(18,19-13-15-9-5-3-6-10-15)20-14-16-11-7-4-8-12-16/h3-12,18H,2,13-14H2,1H3. The molecule has 0 heterocycles. The second kappa shape index (κ2) is 7.20. The fourth-order valence-electron chi connectivity index (χ4n) is 1.79. The Hall–Kier alpha value is -1.68. The highest BCUT2D eigenvalue weighted by molar-refractivity contribution is 5.14. The minimum Gasteiger partial charge on any atom is -0.343 e. The van der Waals surface area contributed by atoms with Gasteiger partial charge in [-0.2, -0.15) is 0 Å². The predicted octanol–water partition coefficient (Wildman–Crippen LogP) is 3.48. The van der Waals surface area contributed by atoms with Gasteiger partial charge in [-0.1, -0.05) is 67.6 Å². The summed E-state index contributed by atoms with van der Waals surface area (Å²) >= 11 is 0. The summed E-state index contributed by atoms with van der Waals surface area (Å²) in [6.07, 6.45) is 0.368. The zero-order valence-corrected chi connectivity index (χ0v) is 11.7. The van der Waals surface area contributed by atoms with Crippen LogP contribution in [-0.4, -0.2) is 11.1 Å². The number of hydrogen-bond acceptors (Lipinski definition) is 3. The number of benzene rings is 2. The molecule has 0 radical (unpaired) electrons. The van der Waals surface area contributed by atoms with Gasteiger partial charge in [0.05, 0.1) is 13.2 Å². The lowest BCUT2D eigenvalue weighted by Crippen LogP contribution is -2.34. The molecule has 0 aromatic heterocycles. The highest BCUT2D eigenvalue weighted by Crippen LogP contribution is 2.19. The Morgan fingerprint density at radius 3 is 1.55 bits per heavy atom. The Kier molecular flexibility index (Phi) is 5.30. The van der Waals surface area contributed by atoms with Crippen molar-refractivity contribution in [2.45, 2.75) is 32.5 Å². The second-order valence-electron chi connectivity index (χ2n) is 4.61. The summed E-state index contributed by atoms with van der Waals surface area (Å²) in [5.74, 6) is -1.55. The Bertz CT molecular complexity index is 453. The van der Waals surface area contributed by atoms with E-state index in [-0.39, 0.29) is 0 Å². The van der Waals surface area contributed by atoms with Gasteiger partial charge < -0.3 is 14.6 Å². The summed E-state index contributed by atoms with van der Waals surface area (Å²) in [5, 5.41) is 10.3. The molecule has 1 N–H and O–H groups in total. The maximum absolute atomic E-state index is 10.3. The van der Waals surface area contributed by atoms with E-state index in [1.165, 1.54) is 0 Å². The average molecular weight is 272 g/mol. The summed E-state index contributed by atoms with van der Waals surface area (Å²) in [6, 6.07) is 19.5. The van der Waals surface area contributed by atoms with Crippen LogP contribution in [-0.2, 0) is 22.7 Å². The molecular weight excluding hydrogens is 252 g/mol. The first-order valence-electron chi connectivity index (χ1n) is 6.80. The van der Waals surface area contributed by atoms with Gasteiger partial charge in [0.25, 0.3) is 5.97 Å². The molecule has 2 aromatic rings. The Balaban J connectivity index is 1.88. The molecule has 0 aliphatic carbocycles. The third kappa shape index (κ3) is 4.46. The smallest absolute Gasteiger partial charge is 0.280 e. The van der Waals surface area contributed by atoms with E-state index in [4.69, 9.17) is 9.47 Å². The topological polar surface area (TPSA) is 38.7 Å². The van der Waals surface area contributed by atoms with Crippen molar-refractivity contribution in [1.29, 1.82) is 0 Å². The van der Waals surface area contributed by atoms with E-state index in [1.54, 1.807) is 0 Å². The lowest BCUT2D eigenvalue weighted by Gasteiger charge is -2.27. The Morgan fingerprint density at radius 1 is 0.800 bits per heavy atom. The summed E-state index contributed by atoms with van der Waals surface area (Å²) in [6.45, 7) is 2.47.